The molecule has 3 amide bonds. The first-order valence-electron chi connectivity index (χ1n) is 12.5. The SMILES string of the molecule is O=C(NCc1nccs1)C(=O)[C@@H](Cc1ccccc1)NC(=O)C1(NC(=O)C2CCC(F)(F)CC2)CC(F)(F)C1. The van der Waals surface area contributed by atoms with Crippen molar-refractivity contribution < 1.29 is 36.7 Å². The van der Waals surface area contributed by atoms with Crippen molar-refractivity contribution in [2.24, 2.45) is 5.92 Å². The Morgan fingerprint density at radius 2 is 1.67 bits per heavy atom. The van der Waals surface area contributed by atoms with Gasteiger partial charge in [-0.1, -0.05) is 30.3 Å². The Hall–Kier alpha value is -3.35. The first-order chi connectivity index (χ1) is 18.4. The van der Waals surface area contributed by atoms with Crippen molar-refractivity contribution in [3.05, 3.63) is 52.5 Å². The van der Waals surface area contributed by atoms with Gasteiger partial charge in [-0.15, -0.1) is 11.3 Å². The third-order valence-electron chi connectivity index (χ3n) is 7.02. The third-order valence-corrected chi connectivity index (χ3v) is 7.80. The minimum absolute atomic E-state index is 0.0130. The van der Waals surface area contributed by atoms with Gasteiger partial charge in [0.15, 0.2) is 0 Å². The number of carbonyl (C=O) groups is 4. The maximum Gasteiger partial charge on any atom is 0.289 e. The van der Waals surface area contributed by atoms with E-state index < -0.39 is 78.5 Å². The Bertz CT molecular complexity index is 1190. The molecule has 0 aliphatic heterocycles. The van der Waals surface area contributed by atoms with E-state index in [2.05, 4.69) is 20.9 Å². The molecule has 1 aromatic heterocycles. The zero-order valence-electron chi connectivity index (χ0n) is 20.9. The standard InChI is InChI=1S/C26H28F4N4O4S/c27-25(28)8-6-17(7-9-25)21(36)34-24(14-26(29,30)15-24)23(38)33-18(12-16-4-2-1-3-5-16)20(35)22(37)32-13-19-31-10-11-39-19/h1-5,10-11,17-18H,6-9,12-15H2,(H,32,37)(H,33,38)(H,34,36)/t18-/m1/s1. The summed E-state index contributed by atoms with van der Waals surface area (Å²) in [6, 6.07) is 7.07. The van der Waals surface area contributed by atoms with Crippen LogP contribution in [-0.2, 0) is 32.1 Å². The molecule has 2 fully saturated rings. The highest BCUT2D eigenvalue weighted by molar-refractivity contribution is 7.09. The number of thiazole rings is 1. The monoisotopic (exact) mass is 568 g/mol. The lowest BCUT2D eigenvalue weighted by Crippen LogP contribution is -2.71. The lowest BCUT2D eigenvalue weighted by atomic mass is 9.71. The van der Waals surface area contributed by atoms with Crippen LogP contribution in [0.4, 0.5) is 17.6 Å². The number of nitrogens with zero attached hydrogens (tertiary/aromatic N) is 1. The highest BCUT2D eigenvalue weighted by atomic mass is 32.1. The Morgan fingerprint density at radius 1 is 1.00 bits per heavy atom. The number of alkyl halides is 4. The van der Waals surface area contributed by atoms with Crippen molar-refractivity contribution in [2.75, 3.05) is 0 Å². The fourth-order valence-electron chi connectivity index (χ4n) is 4.87. The number of hydrogen-bond acceptors (Lipinski definition) is 6. The number of nitrogens with one attached hydrogen (secondary N) is 3. The Morgan fingerprint density at radius 3 is 2.26 bits per heavy atom. The Balaban J connectivity index is 1.48. The molecule has 39 heavy (non-hydrogen) atoms. The van der Waals surface area contributed by atoms with E-state index in [1.54, 1.807) is 35.7 Å². The second-order valence-electron chi connectivity index (χ2n) is 10.1. The molecule has 0 saturated heterocycles. The molecule has 2 saturated carbocycles. The Labute approximate surface area is 225 Å². The average Bonchev–Trinajstić information content (AvgIpc) is 3.39. The van der Waals surface area contributed by atoms with E-state index in [1.807, 2.05) is 0 Å². The van der Waals surface area contributed by atoms with Crippen LogP contribution in [0.1, 0.15) is 49.1 Å². The lowest BCUT2D eigenvalue weighted by Gasteiger charge is -2.47. The van der Waals surface area contributed by atoms with E-state index >= 15 is 0 Å². The van der Waals surface area contributed by atoms with E-state index in [-0.39, 0.29) is 25.8 Å². The molecule has 0 bridgehead atoms. The van der Waals surface area contributed by atoms with Crippen LogP contribution in [0.2, 0.25) is 0 Å². The van der Waals surface area contributed by atoms with Crippen LogP contribution in [0.25, 0.3) is 0 Å². The number of amides is 3. The van der Waals surface area contributed by atoms with E-state index in [0.717, 1.165) is 0 Å². The summed E-state index contributed by atoms with van der Waals surface area (Å²) in [4.78, 5) is 55.9. The van der Waals surface area contributed by atoms with Crippen LogP contribution >= 0.6 is 11.3 Å². The minimum Gasteiger partial charge on any atom is -0.343 e. The van der Waals surface area contributed by atoms with Gasteiger partial charge < -0.3 is 16.0 Å². The van der Waals surface area contributed by atoms with Gasteiger partial charge in [0.25, 0.3) is 11.8 Å². The Kier molecular flexibility index (Phi) is 8.38. The van der Waals surface area contributed by atoms with Gasteiger partial charge in [0.2, 0.25) is 23.5 Å². The maximum absolute atomic E-state index is 14.0. The molecule has 2 aliphatic carbocycles. The number of carbonyl (C=O) groups excluding carboxylic acids is 4. The predicted molar refractivity (Wildman–Crippen MR) is 133 cm³/mol. The van der Waals surface area contributed by atoms with Crippen LogP contribution in [0.15, 0.2) is 41.9 Å². The second kappa shape index (κ2) is 11.4. The molecule has 0 radical (unpaired) electrons. The molecule has 2 aromatic rings. The highest BCUT2D eigenvalue weighted by Gasteiger charge is 2.62. The van der Waals surface area contributed by atoms with Gasteiger partial charge in [0, 0.05) is 49.6 Å². The molecule has 1 atom stereocenters. The minimum atomic E-state index is -3.24. The number of hydrogen-bond donors (Lipinski definition) is 3. The summed E-state index contributed by atoms with van der Waals surface area (Å²) in [5.74, 6) is -10.8. The maximum atomic E-state index is 14.0. The quantitative estimate of drug-likeness (QED) is 0.301. The van der Waals surface area contributed by atoms with Crippen molar-refractivity contribution >= 4 is 34.8 Å². The number of rotatable bonds is 10. The van der Waals surface area contributed by atoms with Gasteiger partial charge in [-0.2, -0.15) is 0 Å². The zero-order valence-corrected chi connectivity index (χ0v) is 21.7. The fraction of sp³-hybridized carbons (Fsp3) is 0.500. The first kappa shape index (κ1) is 28.7. The molecule has 1 aromatic carbocycles. The number of Topliss-reactive ketones (excluding diaryl/α,β-unsaturated/α-hetero) is 1. The van der Waals surface area contributed by atoms with Crippen molar-refractivity contribution in [2.45, 2.75) is 74.9 Å². The molecule has 0 unspecified atom stereocenters. The number of benzene rings is 1. The van der Waals surface area contributed by atoms with Gasteiger partial charge in [0.1, 0.15) is 16.6 Å². The summed E-state index contributed by atoms with van der Waals surface area (Å²) in [7, 11) is 0. The van der Waals surface area contributed by atoms with Crippen LogP contribution < -0.4 is 16.0 Å². The molecular formula is C26H28F4N4O4S. The van der Waals surface area contributed by atoms with Crippen molar-refractivity contribution in [1.82, 2.24) is 20.9 Å². The van der Waals surface area contributed by atoms with E-state index in [0.29, 0.717) is 10.6 Å². The fourth-order valence-corrected chi connectivity index (χ4v) is 5.43. The summed E-state index contributed by atoms with van der Waals surface area (Å²) in [6.45, 7) is -0.0130. The molecule has 210 valence electrons. The van der Waals surface area contributed by atoms with Crippen molar-refractivity contribution in [1.29, 1.82) is 0 Å². The van der Waals surface area contributed by atoms with Crippen LogP contribution in [0.5, 0.6) is 0 Å². The largest absolute Gasteiger partial charge is 0.343 e. The van der Waals surface area contributed by atoms with Crippen LogP contribution in [-0.4, -0.2) is 51.9 Å². The summed E-state index contributed by atoms with van der Waals surface area (Å²) in [5, 5.41) is 9.47. The van der Waals surface area contributed by atoms with Gasteiger partial charge in [-0.25, -0.2) is 22.5 Å². The molecule has 8 nitrogen and oxygen atoms in total. The number of aromatic nitrogens is 1. The lowest BCUT2D eigenvalue weighted by molar-refractivity contribution is -0.168. The third kappa shape index (κ3) is 7.20. The number of ketones is 1. The molecular weight excluding hydrogens is 540 g/mol. The topological polar surface area (TPSA) is 117 Å². The smallest absolute Gasteiger partial charge is 0.289 e. The van der Waals surface area contributed by atoms with Crippen molar-refractivity contribution in [3.63, 3.8) is 0 Å². The number of halogens is 4. The predicted octanol–water partition coefficient (Wildman–Crippen LogP) is 3.17. The first-order valence-corrected chi connectivity index (χ1v) is 13.4. The molecule has 1 heterocycles. The second-order valence-corrected chi connectivity index (χ2v) is 11.1. The van der Waals surface area contributed by atoms with Crippen molar-refractivity contribution in [3.8, 4) is 0 Å². The molecule has 4 rings (SSSR count). The van der Waals surface area contributed by atoms with Crippen LogP contribution in [0, 0.1) is 5.92 Å². The van der Waals surface area contributed by atoms with Gasteiger partial charge >= 0.3 is 0 Å². The summed E-state index contributed by atoms with van der Waals surface area (Å²) in [5.41, 5.74) is -1.43. The average molecular weight is 569 g/mol. The summed E-state index contributed by atoms with van der Waals surface area (Å²) >= 11 is 1.27. The molecule has 0 spiro atoms. The zero-order chi connectivity index (χ0) is 28.3. The van der Waals surface area contributed by atoms with E-state index in [1.165, 1.54) is 17.5 Å². The normalized spacial score (nSPS) is 20.2. The summed E-state index contributed by atoms with van der Waals surface area (Å²) < 4.78 is 55.1. The van der Waals surface area contributed by atoms with Gasteiger partial charge in [-0.05, 0) is 18.4 Å². The summed E-state index contributed by atoms with van der Waals surface area (Å²) in [6.07, 6.45) is -1.88. The molecule has 3 N–H and O–H groups in total. The van der Waals surface area contributed by atoms with Gasteiger partial charge in [-0.3, -0.25) is 19.2 Å². The highest BCUT2D eigenvalue weighted by Crippen LogP contribution is 2.46. The van der Waals surface area contributed by atoms with Gasteiger partial charge in [0.05, 0.1) is 6.54 Å². The van der Waals surface area contributed by atoms with E-state index in [9.17, 15) is 36.7 Å². The molecule has 2 aliphatic rings. The van der Waals surface area contributed by atoms with E-state index in [4.69, 9.17) is 0 Å². The van der Waals surface area contributed by atoms with Crippen LogP contribution in [0.3, 0.4) is 0 Å². The molecule has 13 heteroatoms.